The lowest BCUT2D eigenvalue weighted by molar-refractivity contribution is 0.0655. The number of fused-ring (bicyclic) bond motifs is 1. The Bertz CT molecular complexity index is 922. The van der Waals surface area contributed by atoms with Crippen molar-refractivity contribution in [2.75, 3.05) is 26.3 Å². The minimum Gasteiger partial charge on any atom is -0.389 e. The molecule has 5 heterocycles. The molecule has 140 valence electrons. The summed E-state index contributed by atoms with van der Waals surface area (Å²) in [6.07, 6.45) is 5.14. The molecule has 0 aliphatic carbocycles. The van der Waals surface area contributed by atoms with Crippen molar-refractivity contribution in [2.24, 2.45) is 0 Å². The van der Waals surface area contributed by atoms with E-state index in [4.69, 9.17) is 9.84 Å². The van der Waals surface area contributed by atoms with E-state index in [2.05, 4.69) is 20.1 Å². The number of aliphatic hydroxyl groups excluding tert-OH is 1. The van der Waals surface area contributed by atoms with Gasteiger partial charge in [-0.3, -0.25) is 9.88 Å². The van der Waals surface area contributed by atoms with Crippen LogP contribution in [0, 0.1) is 0 Å². The first-order valence-corrected chi connectivity index (χ1v) is 9.42. The fraction of sp³-hybridized carbons (Fsp3) is 0.474. The Kier molecular flexibility index (Phi) is 4.31. The molecule has 0 amide bonds. The molecule has 2 aliphatic rings. The highest BCUT2D eigenvalue weighted by Crippen LogP contribution is 2.29. The molecule has 8 heteroatoms. The third-order valence-electron chi connectivity index (χ3n) is 5.63. The topological polar surface area (TPSA) is 88.7 Å². The van der Waals surface area contributed by atoms with Crippen LogP contribution in [0.25, 0.3) is 16.9 Å². The number of pyridine rings is 1. The van der Waals surface area contributed by atoms with Gasteiger partial charge in [0.05, 0.1) is 31.1 Å². The summed E-state index contributed by atoms with van der Waals surface area (Å²) in [7, 11) is 0. The van der Waals surface area contributed by atoms with E-state index < -0.39 is 0 Å². The molecular formula is C19H22N6O2. The number of ether oxygens (including phenoxy) is 1. The lowest BCUT2D eigenvalue weighted by Gasteiger charge is -2.35. The first-order valence-electron chi connectivity index (χ1n) is 9.42. The molecule has 0 aromatic carbocycles. The molecule has 0 saturated carbocycles. The van der Waals surface area contributed by atoms with Crippen LogP contribution in [0.2, 0.25) is 0 Å². The van der Waals surface area contributed by atoms with Crippen LogP contribution < -0.4 is 0 Å². The van der Waals surface area contributed by atoms with Gasteiger partial charge in [0.25, 0.3) is 0 Å². The van der Waals surface area contributed by atoms with Crippen LogP contribution in [0.5, 0.6) is 0 Å². The van der Waals surface area contributed by atoms with Gasteiger partial charge in [-0.1, -0.05) is 0 Å². The normalized spacial score (nSPS) is 24.6. The van der Waals surface area contributed by atoms with E-state index in [1.54, 1.807) is 6.20 Å². The van der Waals surface area contributed by atoms with E-state index >= 15 is 0 Å². The number of aliphatic hydroxyl groups is 1. The number of piperidine rings is 1. The average molecular weight is 366 g/mol. The summed E-state index contributed by atoms with van der Waals surface area (Å²) in [6.45, 7) is 2.91. The molecule has 2 saturated heterocycles. The summed E-state index contributed by atoms with van der Waals surface area (Å²) in [5, 5.41) is 23.6. The molecule has 0 radical (unpaired) electrons. The lowest BCUT2D eigenvalue weighted by atomic mass is 9.94. The zero-order valence-corrected chi connectivity index (χ0v) is 15.0. The molecule has 2 unspecified atom stereocenters. The molecule has 3 aromatic heterocycles. The van der Waals surface area contributed by atoms with Gasteiger partial charge in [-0.15, -0.1) is 10.2 Å². The van der Waals surface area contributed by atoms with Crippen LogP contribution in [0.4, 0.5) is 0 Å². The molecule has 0 spiro atoms. The number of likely N-dealkylation sites (tertiary alicyclic amines) is 1. The van der Waals surface area contributed by atoms with Crippen molar-refractivity contribution < 1.29 is 9.84 Å². The first-order chi connectivity index (χ1) is 13.3. The highest BCUT2D eigenvalue weighted by atomic mass is 16.5. The molecule has 0 bridgehead atoms. The van der Waals surface area contributed by atoms with Crippen molar-refractivity contribution in [1.82, 2.24) is 29.7 Å². The van der Waals surface area contributed by atoms with Gasteiger partial charge in [0.15, 0.2) is 11.5 Å². The summed E-state index contributed by atoms with van der Waals surface area (Å²) in [4.78, 5) is 6.52. The van der Waals surface area contributed by atoms with Gasteiger partial charge in [0, 0.05) is 23.9 Å². The lowest BCUT2D eigenvalue weighted by Crippen LogP contribution is -2.46. The van der Waals surface area contributed by atoms with Gasteiger partial charge in [0.2, 0.25) is 0 Å². The Morgan fingerprint density at radius 2 is 1.96 bits per heavy atom. The van der Waals surface area contributed by atoms with E-state index in [0.29, 0.717) is 19.1 Å². The van der Waals surface area contributed by atoms with Gasteiger partial charge < -0.3 is 9.84 Å². The summed E-state index contributed by atoms with van der Waals surface area (Å²) in [6, 6.07) is 7.93. The third-order valence-corrected chi connectivity index (χ3v) is 5.63. The maximum Gasteiger partial charge on any atom is 0.177 e. The summed E-state index contributed by atoms with van der Waals surface area (Å²) in [5.41, 5.74) is 2.60. The Morgan fingerprint density at radius 3 is 2.70 bits per heavy atom. The van der Waals surface area contributed by atoms with E-state index in [0.717, 1.165) is 48.7 Å². The molecule has 2 aliphatic heterocycles. The number of hydrogen-bond donors (Lipinski definition) is 1. The third kappa shape index (κ3) is 3.09. The molecule has 2 atom stereocenters. The molecule has 2 fully saturated rings. The summed E-state index contributed by atoms with van der Waals surface area (Å²) < 4.78 is 7.27. The smallest absolute Gasteiger partial charge is 0.177 e. The number of rotatable bonds is 3. The minimum absolute atomic E-state index is 0.122. The highest BCUT2D eigenvalue weighted by Gasteiger charge is 2.35. The Labute approximate surface area is 156 Å². The predicted molar refractivity (Wildman–Crippen MR) is 98.2 cm³/mol. The van der Waals surface area contributed by atoms with Crippen LogP contribution in [0.3, 0.4) is 0 Å². The monoisotopic (exact) mass is 366 g/mol. The van der Waals surface area contributed by atoms with E-state index in [1.807, 2.05) is 35.0 Å². The number of aromatic nitrogens is 5. The van der Waals surface area contributed by atoms with Crippen LogP contribution in [0.1, 0.15) is 24.6 Å². The van der Waals surface area contributed by atoms with Crippen molar-refractivity contribution in [2.45, 2.75) is 30.9 Å². The fourth-order valence-corrected chi connectivity index (χ4v) is 4.10. The second-order valence-corrected chi connectivity index (χ2v) is 7.27. The fourth-order valence-electron chi connectivity index (χ4n) is 4.10. The Balaban J connectivity index is 1.38. The zero-order valence-electron chi connectivity index (χ0n) is 15.0. The van der Waals surface area contributed by atoms with Crippen molar-refractivity contribution in [1.29, 1.82) is 0 Å². The van der Waals surface area contributed by atoms with E-state index in [-0.39, 0.29) is 12.1 Å². The maximum absolute atomic E-state index is 10.1. The number of hydrogen-bond acceptors (Lipinski definition) is 7. The van der Waals surface area contributed by atoms with Crippen molar-refractivity contribution in [3.8, 4) is 11.3 Å². The van der Waals surface area contributed by atoms with Crippen molar-refractivity contribution in [3.05, 3.63) is 42.5 Å². The maximum atomic E-state index is 10.1. The molecule has 8 nitrogen and oxygen atoms in total. The summed E-state index contributed by atoms with van der Waals surface area (Å²) >= 11 is 0. The van der Waals surface area contributed by atoms with E-state index in [9.17, 15) is 5.11 Å². The van der Waals surface area contributed by atoms with Crippen LogP contribution in [-0.2, 0) is 4.74 Å². The molecule has 27 heavy (non-hydrogen) atoms. The average Bonchev–Trinajstić information content (AvgIpc) is 3.34. The SMILES string of the molecule is OC1COCC1N1CCC(c2nnc3ccc(-c4cccnc4)nn23)CC1. The van der Waals surface area contributed by atoms with Gasteiger partial charge in [-0.05, 0) is 50.2 Å². The van der Waals surface area contributed by atoms with Gasteiger partial charge in [0.1, 0.15) is 0 Å². The standard InChI is InChI=1S/C19H22N6O2/c26-17-12-27-11-16(17)24-8-5-13(6-9-24)19-22-21-18-4-3-15(23-25(18)19)14-2-1-7-20-10-14/h1-4,7,10,13,16-17,26H,5-6,8-9,11-12H2. The van der Waals surface area contributed by atoms with Crippen LogP contribution in [0.15, 0.2) is 36.7 Å². The largest absolute Gasteiger partial charge is 0.389 e. The van der Waals surface area contributed by atoms with Gasteiger partial charge in [-0.2, -0.15) is 9.61 Å². The second-order valence-electron chi connectivity index (χ2n) is 7.27. The van der Waals surface area contributed by atoms with Crippen molar-refractivity contribution >= 4 is 5.65 Å². The minimum atomic E-state index is -0.376. The molecule has 5 rings (SSSR count). The van der Waals surface area contributed by atoms with Gasteiger partial charge >= 0.3 is 0 Å². The van der Waals surface area contributed by atoms with Gasteiger partial charge in [-0.25, -0.2) is 0 Å². The zero-order chi connectivity index (χ0) is 18.2. The van der Waals surface area contributed by atoms with E-state index in [1.165, 1.54) is 0 Å². The number of nitrogens with zero attached hydrogens (tertiary/aromatic N) is 6. The quantitative estimate of drug-likeness (QED) is 0.743. The molecule has 1 N–H and O–H groups in total. The van der Waals surface area contributed by atoms with Crippen molar-refractivity contribution in [3.63, 3.8) is 0 Å². The highest BCUT2D eigenvalue weighted by molar-refractivity contribution is 5.58. The first kappa shape index (κ1) is 16.7. The summed E-state index contributed by atoms with van der Waals surface area (Å²) in [5.74, 6) is 1.23. The van der Waals surface area contributed by atoms with Crippen LogP contribution >= 0.6 is 0 Å². The predicted octanol–water partition coefficient (Wildman–Crippen LogP) is 1.13. The second kappa shape index (κ2) is 6.95. The Morgan fingerprint density at radius 1 is 1.07 bits per heavy atom. The molecule has 3 aromatic rings. The van der Waals surface area contributed by atoms with Crippen LogP contribution in [-0.4, -0.2) is 73.3 Å². The molecular weight excluding hydrogens is 344 g/mol. The Hall–Kier alpha value is -2.42.